The molecule has 0 spiro atoms. The summed E-state index contributed by atoms with van der Waals surface area (Å²) >= 11 is 0. The van der Waals surface area contributed by atoms with Crippen molar-refractivity contribution in [1.29, 1.82) is 0 Å². The first-order chi connectivity index (χ1) is 15.0. The van der Waals surface area contributed by atoms with Crippen LogP contribution in [0, 0.1) is 5.82 Å². The monoisotopic (exact) mass is 450 g/mol. The number of benzene rings is 2. The number of carbonyl (C=O) groups excluding carboxylic acids is 2. The van der Waals surface area contributed by atoms with E-state index in [0.717, 1.165) is 5.56 Å². The third-order valence-corrected chi connectivity index (χ3v) is 6.19. The Morgan fingerprint density at radius 3 is 2.16 bits per heavy atom. The Hall–Kier alpha value is -2.74. The van der Waals surface area contributed by atoms with Gasteiger partial charge < -0.3 is 10.6 Å². The Morgan fingerprint density at radius 2 is 1.62 bits per heavy atom. The number of halogens is 4. The summed E-state index contributed by atoms with van der Waals surface area (Å²) < 4.78 is 53.7. The summed E-state index contributed by atoms with van der Waals surface area (Å²) in [7, 11) is 1.78. The molecule has 1 saturated carbocycles. The van der Waals surface area contributed by atoms with Gasteiger partial charge in [0.25, 0.3) is 0 Å². The molecule has 32 heavy (non-hydrogen) atoms. The van der Waals surface area contributed by atoms with E-state index in [4.69, 9.17) is 0 Å². The molecule has 8 heteroatoms. The summed E-state index contributed by atoms with van der Waals surface area (Å²) in [5.41, 5.74) is 1.04. The molecule has 172 valence electrons. The number of alkyl halides is 3. The van der Waals surface area contributed by atoms with Crippen LogP contribution < -0.4 is 10.6 Å². The Bertz CT molecular complexity index is 978. The summed E-state index contributed by atoms with van der Waals surface area (Å²) in [5, 5.41) is 5.29. The molecule has 1 aliphatic carbocycles. The van der Waals surface area contributed by atoms with Gasteiger partial charge in [-0.2, -0.15) is 13.2 Å². The van der Waals surface area contributed by atoms with E-state index in [2.05, 4.69) is 10.6 Å². The van der Waals surface area contributed by atoms with Crippen LogP contribution >= 0.6 is 0 Å². The number of hydrogen-bond donors (Lipinski definition) is 2. The fourth-order valence-electron chi connectivity index (χ4n) is 4.27. The van der Waals surface area contributed by atoms with Gasteiger partial charge in [0.2, 0.25) is 0 Å². The standard InChI is InChI=1S/C24H26F4N2O2/c1-15(31)16-3-5-17(6-4-16)18-7-8-21(25)19(13-18)14-23(30-22(32)24(26,27)28)11-9-20(29-2)10-12-23/h3-8,13,20,29H,9-12,14H2,1-2H3,(H,30,32). The second-order valence-corrected chi connectivity index (χ2v) is 8.41. The van der Waals surface area contributed by atoms with Gasteiger partial charge >= 0.3 is 12.1 Å². The maximum Gasteiger partial charge on any atom is 0.471 e. The fraction of sp³-hybridized carbons (Fsp3) is 0.417. The maximum atomic E-state index is 14.7. The topological polar surface area (TPSA) is 58.2 Å². The lowest BCUT2D eigenvalue weighted by Crippen LogP contribution is -2.57. The van der Waals surface area contributed by atoms with Crippen molar-refractivity contribution >= 4 is 11.7 Å². The molecule has 1 fully saturated rings. The highest BCUT2D eigenvalue weighted by Gasteiger charge is 2.45. The molecule has 0 aliphatic heterocycles. The smallest absolute Gasteiger partial charge is 0.343 e. The van der Waals surface area contributed by atoms with Crippen molar-refractivity contribution in [3.63, 3.8) is 0 Å². The second-order valence-electron chi connectivity index (χ2n) is 8.41. The van der Waals surface area contributed by atoms with Gasteiger partial charge in [0.1, 0.15) is 5.82 Å². The second kappa shape index (κ2) is 9.40. The first kappa shape index (κ1) is 23.9. The third-order valence-electron chi connectivity index (χ3n) is 6.19. The van der Waals surface area contributed by atoms with Gasteiger partial charge in [-0.3, -0.25) is 9.59 Å². The minimum absolute atomic E-state index is 0.0452. The Labute approximate surface area is 184 Å². The maximum absolute atomic E-state index is 14.7. The summed E-state index contributed by atoms with van der Waals surface area (Å²) in [6, 6.07) is 11.4. The predicted molar refractivity (Wildman–Crippen MR) is 114 cm³/mol. The van der Waals surface area contributed by atoms with Crippen LogP contribution in [0.5, 0.6) is 0 Å². The minimum atomic E-state index is -5.01. The lowest BCUT2D eigenvalue weighted by atomic mass is 9.75. The number of nitrogens with one attached hydrogen (secondary N) is 2. The van der Waals surface area contributed by atoms with Crippen molar-refractivity contribution in [1.82, 2.24) is 10.6 Å². The Morgan fingerprint density at radius 1 is 1.03 bits per heavy atom. The van der Waals surface area contributed by atoms with Crippen LogP contribution in [0.3, 0.4) is 0 Å². The molecule has 3 rings (SSSR count). The van der Waals surface area contributed by atoms with Gasteiger partial charge in [0.15, 0.2) is 5.78 Å². The molecule has 0 unspecified atom stereocenters. The number of rotatable bonds is 6. The molecule has 1 amide bonds. The van der Waals surface area contributed by atoms with Gasteiger partial charge in [-0.25, -0.2) is 4.39 Å². The molecule has 0 atom stereocenters. The van der Waals surface area contributed by atoms with Crippen LogP contribution in [0.15, 0.2) is 42.5 Å². The zero-order valence-corrected chi connectivity index (χ0v) is 18.0. The number of ketones is 1. The lowest BCUT2D eigenvalue weighted by molar-refractivity contribution is -0.176. The van der Waals surface area contributed by atoms with Crippen molar-refractivity contribution in [3.05, 3.63) is 59.4 Å². The van der Waals surface area contributed by atoms with E-state index in [-0.39, 0.29) is 23.8 Å². The normalized spacial score (nSPS) is 21.2. The van der Waals surface area contributed by atoms with Crippen molar-refractivity contribution in [2.24, 2.45) is 0 Å². The number of hydrogen-bond acceptors (Lipinski definition) is 3. The van der Waals surface area contributed by atoms with E-state index >= 15 is 0 Å². The van der Waals surface area contributed by atoms with E-state index < -0.39 is 23.4 Å². The molecule has 4 nitrogen and oxygen atoms in total. The molecule has 0 radical (unpaired) electrons. The number of carbonyl (C=O) groups is 2. The molecule has 0 saturated heterocycles. The summed E-state index contributed by atoms with van der Waals surface area (Å²) in [5.74, 6) is -2.61. The van der Waals surface area contributed by atoms with Crippen LogP contribution in [0.1, 0.15) is 48.5 Å². The van der Waals surface area contributed by atoms with Crippen molar-refractivity contribution in [2.75, 3.05) is 7.05 Å². The molecule has 1 aliphatic rings. The molecule has 2 N–H and O–H groups in total. The van der Waals surface area contributed by atoms with E-state index in [1.54, 1.807) is 43.4 Å². The van der Waals surface area contributed by atoms with E-state index in [1.165, 1.54) is 13.0 Å². The minimum Gasteiger partial charge on any atom is -0.343 e. The molecule has 2 aromatic rings. The average molecular weight is 450 g/mol. The zero-order chi connectivity index (χ0) is 23.5. The SMILES string of the molecule is CNC1CCC(Cc2cc(-c3ccc(C(C)=O)cc3)ccc2F)(NC(=O)C(F)(F)F)CC1. The van der Waals surface area contributed by atoms with Gasteiger partial charge in [-0.15, -0.1) is 0 Å². The highest BCUT2D eigenvalue weighted by Crippen LogP contribution is 2.34. The first-order valence-electron chi connectivity index (χ1n) is 10.5. The fourth-order valence-corrected chi connectivity index (χ4v) is 4.27. The van der Waals surface area contributed by atoms with E-state index in [9.17, 15) is 27.2 Å². The van der Waals surface area contributed by atoms with Crippen LogP contribution in [0.4, 0.5) is 17.6 Å². The van der Waals surface area contributed by atoms with Crippen molar-refractivity contribution < 1.29 is 27.2 Å². The van der Waals surface area contributed by atoms with Crippen LogP contribution in [-0.2, 0) is 11.2 Å². The largest absolute Gasteiger partial charge is 0.471 e. The molecule has 0 bridgehead atoms. The molecule has 0 heterocycles. The van der Waals surface area contributed by atoms with Gasteiger partial charge in [-0.05, 0) is 74.9 Å². The Balaban J connectivity index is 1.91. The van der Waals surface area contributed by atoms with E-state index in [0.29, 0.717) is 36.8 Å². The third kappa shape index (κ3) is 5.54. The molecular formula is C24H26F4N2O2. The average Bonchev–Trinajstić information content (AvgIpc) is 2.75. The Kier molecular flexibility index (Phi) is 7.03. The number of amides is 1. The van der Waals surface area contributed by atoms with Crippen LogP contribution in [0.25, 0.3) is 11.1 Å². The quantitative estimate of drug-likeness (QED) is 0.490. The summed E-state index contributed by atoms with van der Waals surface area (Å²) in [6.07, 6.45) is -3.30. The van der Waals surface area contributed by atoms with Crippen LogP contribution in [0.2, 0.25) is 0 Å². The van der Waals surface area contributed by atoms with E-state index in [1.807, 2.05) is 0 Å². The molecular weight excluding hydrogens is 424 g/mol. The molecule has 2 aromatic carbocycles. The van der Waals surface area contributed by atoms with Crippen molar-refractivity contribution in [2.45, 2.75) is 56.8 Å². The zero-order valence-electron chi connectivity index (χ0n) is 18.0. The first-order valence-corrected chi connectivity index (χ1v) is 10.5. The predicted octanol–water partition coefficient (Wildman–Crippen LogP) is 4.82. The highest BCUT2D eigenvalue weighted by atomic mass is 19.4. The van der Waals surface area contributed by atoms with Crippen LogP contribution in [-0.4, -0.2) is 36.5 Å². The summed E-state index contributed by atoms with van der Waals surface area (Å²) in [4.78, 5) is 23.3. The van der Waals surface area contributed by atoms with Gasteiger partial charge in [0, 0.05) is 17.1 Å². The van der Waals surface area contributed by atoms with Gasteiger partial charge in [0.05, 0.1) is 0 Å². The molecule has 0 aromatic heterocycles. The van der Waals surface area contributed by atoms with Gasteiger partial charge in [-0.1, -0.05) is 30.3 Å². The summed E-state index contributed by atoms with van der Waals surface area (Å²) in [6.45, 7) is 1.46. The van der Waals surface area contributed by atoms with Crippen molar-refractivity contribution in [3.8, 4) is 11.1 Å². The highest BCUT2D eigenvalue weighted by molar-refractivity contribution is 5.94. The number of Topliss-reactive ketones (excluding diaryl/α,β-unsaturated/α-hetero) is 1. The lowest BCUT2D eigenvalue weighted by Gasteiger charge is -2.41.